The van der Waals surface area contributed by atoms with Gasteiger partial charge in [0.2, 0.25) is 10.0 Å². The Bertz CT molecular complexity index is 777. The summed E-state index contributed by atoms with van der Waals surface area (Å²) >= 11 is 0. The molecular weight excluding hydrogens is 336 g/mol. The number of benzene rings is 2. The van der Waals surface area contributed by atoms with Gasteiger partial charge in [0.25, 0.3) is 0 Å². The fraction of sp³-hybridized carbons (Fsp3) is 0.278. The molecule has 134 valence electrons. The average Bonchev–Trinajstić information content (AvgIpc) is 2.65. The molecule has 0 heterocycles. The lowest BCUT2D eigenvalue weighted by Gasteiger charge is -2.18. The summed E-state index contributed by atoms with van der Waals surface area (Å²) in [7, 11) is -1.80. The van der Waals surface area contributed by atoms with E-state index < -0.39 is 10.0 Å². The van der Waals surface area contributed by atoms with E-state index in [9.17, 15) is 8.42 Å². The number of hydrogen-bond acceptors (Lipinski definition) is 3. The standard InChI is InChI=1S/C18H24N4O2S/c1-15(16-9-5-3-6-10-16)22-18(19-2)20-13-14-21-25(23,24)17-11-7-4-8-12-17/h3-12,15,21H,13-14H2,1-2H3,(H2,19,20,22). The van der Waals surface area contributed by atoms with Crippen molar-refractivity contribution >= 4 is 16.0 Å². The van der Waals surface area contributed by atoms with E-state index in [0.717, 1.165) is 5.56 Å². The maximum atomic E-state index is 12.1. The zero-order valence-corrected chi connectivity index (χ0v) is 15.3. The fourth-order valence-corrected chi connectivity index (χ4v) is 3.33. The molecule has 0 aliphatic rings. The smallest absolute Gasteiger partial charge is 0.240 e. The van der Waals surface area contributed by atoms with Crippen LogP contribution in [0.1, 0.15) is 18.5 Å². The normalized spacial score (nSPS) is 13.3. The Kier molecular flexibility index (Phi) is 6.97. The molecule has 1 atom stereocenters. The van der Waals surface area contributed by atoms with Crippen molar-refractivity contribution in [3.8, 4) is 0 Å². The summed E-state index contributed by atoms with van der Waals surface area (Å²) in [5, 5.41) is 6.38. The van der Waals surface area contributed by atoms with Crippen molar-refractivity contribution in [1.29, 1.82) is 0 Å². The van der Waals surface area contributed by atoms with E-state index in [2.05, 4.69) is 20.3 Å². The first-order valence-electron chi connectivity index (χ1n) is 8.10. The highest BCUT2D eigenvalue weighted by molar-refractivity contribution is 7.89. The first-order chi connectivity index (χ1) is 12.0. The Morgan fingerprint density at radius 3 is 2.20 bits per heavy atom. The van der Waals surface area contributed by atoms with E-state index in [1.807, 2.05) is 37.3 Å². The second-order valence-electron chi connectivity index (χ2n) is 5.49. The predicted molar refractivity (Wildman–Crippen MR) is 101 cm³/mol. The third-order valence-electron chi connectivity index (χ3n) is 3.64. The number of nitrogens with zero attached hydrogens (tertiary/aromatic N) is 1. The van der Waals surface area contributed by atoms with Gasteiger partial charge in [-0.15, -0.1) is 0 Å². The Hall–Kier alpha value is -2.38. The monoisotopic (exact) mass is 360 g/mol. The summed E-state index contributed by atoms with van der Waals surface area (Å²) in [6, 6.07) is 18.4. The highest BCUT2D eigenvalue weighted by Gasteiger charge is 2.12. The van der Waals surface area contributed by atoms with Crippen molar-refractivity contribution < 1.29 is 8.42 Å². The van der Waals surface area contributed by atoms with Crippen molar-refractivity contribution in [2.24, 2.45) is 4.99 Å². The number of guanidine groups is 1. The largest absolute Gasteiger partial charge is 0.355 e. The molecule has 0 aliphatic carbocycles. The van der Waals surface area contributed by atoms with E-state index in [4.69, 9.17) is 0 Å². The van der Waals surface area contributed by atoms with Gasteiger partial charge in [-0.2, -0.15) is 0 Å². The Labute approximate surface area is 149 Å². The molecule has 0 aromatic heterocycles. The van der Waals surface area contributed by atoms with Crippen LogP contribution in [0, 0.1) is 0 Å². The van der Waals surface area contributed by atoms with Gasteiger partial charge in [0.1, 0.15) is 0 Å². The molecule has 0 saturated carbocycles. The zero-order valence-electron chi connectivity index (χ0n) is 14.4. The maximum Gasteiger partial charge on any atom is 0.240 e. The highest BCUT2D eigenvalue weighted by atomic mass is 32.2. The average molecular weight is 360 g/mol. The molecule has 6 nitrogen and oxygen atoms in total. The van der Waals surface area contributed by atoms with Crippen LogP contribution in [0.3, 0.4) is 0 Å². The van der Waals surface area contributed by atoms with Gasteiger partial charge in [-0.05, 0) is 24.6 Å². The van der Waals surface area contributed by atoms with E-state index in [0.29, 0.717) is 12.5 Å². The van der Waals surface area contributed by atoms with Crippen LogP contribution in [-0.4, -0.2) is 34.5 Å². The van der Waals surface area contributed by atoms with Gasteiger partial charge in [0.15, 0.2) is 5.96 Å². The summed E-state index contributed by atoms with van der Waals surface area (Å²) < 4.78 is 26.8. The zero-order chi connectivity index (χ0) is 18.1. The van der Waals surface area contributed by atoms with Crippen molar-refractivity contribution in [3.05, 3.63) is 66.2 Å². The van der Waals surface area contributed by atoms with Crippen LogP contribution in [0.4, 0.5) is 0 Å². The molecule has 0 amide bonds. The third kappa shape index (κ3) is 5.88. The van der Waals surface area contributed by atoms with Gasteiger partial charge in [0.05, 0.1) is 10.9 Å². The molecule has 25 heavy (non-hydrogen) atoms. The van der Waals surface area contributed by atoms with Gasteiger partial charge in [-0.3, -0.25) is 4.99 Å². The Morgan fingerprint density at radius 1 is 1.00 bits per heavy atom. The number of aliphatic imine (C=N–C) groups is 1. The van der Waals surface area contributed by atoms with Crippen LogP contribution in [0.15, 0.2) is 70.6 Å². The molecule has 0 bridgehead atoms. The predicted octanol–water partition coefficient (Wildman–Crippen LogP) is 1.89. The second-order valence-corrected chi connectivity index (χ2v) is 7.25. The number of sulfonamides is 1. The SMILES string of the molecule is CN=C(NCCNS(=O)(=O)c1ccccc1)NC(C)c1ccccc1. The van der Waals surface area contributed by atoms with E-state index in [1.165, 1.54) is 0 Å². The molecule has 2 rings (SSSR count). The van der Waals surface area contributed by atoms with Crippen LogP contribution in [0.2, 0.25) is 0 Å². The van der Waals surface area contributed by atoms with Crippen LogP contribution < -0.4 is 15.4 Å². The van der Waals surface area contributed by atoms with Gasteiger partial charge >= 0.3 is 0 Å². The van der Waals surface area contributed by atoms with Gasteiger partial charge in [0, 0.05) is 20.1 Å². The molecule has 7 heteroatoms. The van der Waals surface area contributed by atoms with Crippen molar-refractivity contribution in [2.75, 3.05) is 20.1 Å². The van der Waals surface area contributed by atoms with Crippen LogP contribution in [-0.2, 0) is 10.0 Å². The maximum absolute atomic E-state index is 12.1. The third-order valence-corrected chi connectivity index (χ3v) is 5.12. The number of rotatable bonds is 7. The quantitative estimate of drug-likeness (QED) is 0.400. The molecule has 0 saturated heterocycles. The van der Waals surface area contributed by atoms with Gasteiger partial charge in [-0.25, -0.2) is 13.1 Å². The van der Waals surface area contributed by atoms with Crippen molar-refractivity contribution in [1.82, 2.24) is 15.4 Å². The summed E-state index contributed by atoms with van der Waals surface area (Å²) in [5.41, 5.74) is 1.15. The lowest BCUT2D eigenvalue weighted by Crippen LogP contribution is -2.42. The minimum absolute atomic E-state index is 0.0911. The van der Waals surface area contributed by atoms with E-state index in [-0.39, 0.29) is 17.5 Å². The second kappa shape index (κ2) is 9.19. The van der Waals surface area contributed by atoms with Crippen LogP contribution in [0.5, 0.6) is 0 Å². The molecule has 0 spiro atoms. The molecule has 2 aromatic carbocycles. The number of nitrogens with one attached hydrogen (secondary N) is 3. The minimum atomic E-state index is -3.48. The summed E-state index contributed by atoms with van der Waals surface area (Å²) in [6.07, 6.45) is 0. The fourth-order valence-electron chi connectivity index (χ4n) is 2.27. The highest BCUT2D eigenvalue weighted by Crippen LogP contribution is 2.10. The van der Waals surface area contributed by atoms with Crippen molar-refractivity contribution in [3.63, 3.8) is 0 Å². The molecule has 0 radical (unpaired) electrons. The summed E-state index contributed by atoms with van der Waals surface area (Å²) in [4.78, 5) is 4.42. The van der Waals surface area contributed by atoms with Crippen molar-refractivity contribution in [2.45, 2.75) is 17.9 Å². The molecule has 0 fully saturated rings. The summed E-state index contributed by atoms with van der Waals surface area (Å²) in [5.74, 6) is 0.621. The molecule has 2 aromatic rings. The first-order valence-corrected chi connectivity index (χ1v) is 9.58. The van der Waals surface area contributed by atoms with Gasteiger partial charge in [-0.1, -0.05) is 48.5 Å². The van der Waals surface area contributed by atoms with Crippen LogP contribution in [0.25, 0.3) is 0 Å². The molecular formula is C18H24N4O2S. The lowest BCUT2D eigenvalue weighted by atomic mass is 10.1. The topological polar surface area (TPSA) is 82.6 Å². The first kappa shape index (κ1) is 19.0. The number of hydrogen-bond donors (Lipinski definition) is 3. The lowest BCUT2D eigenvalue weighted by molar-refractivity contribution is 0.580. The van der Waals surface area contributed by atoms with E-state index in [1.54, 1.807) is 37.4 Å². The molecule has 0 aliphatic heterocycles. The Morgan fingerprint density at radius 2 is 1.60 bits per heavy atom. The summed E-state index contributed by atoms with van der Waals surface area (Å²) in [6.45, 7) is 2.73. The minimum Gasteiger partial charge on any atom is -0.355 e. The molecule has 1 unspecified atom stereocenters. The van der Waals surface area contributed by atoms with E-state index >= 15 is 0 Å². The van der Waals surface area contributed by atoms with Crippen LogP contribution >= 0.6 is 0 Å². The Balaban J connectivity index is 1.80. The molecule has 3 N–H and O–H groups in total. The van der Waals surface area contributed by atoms with Gasteiger partial charge < -0.3 is 10.6 Å².